The smallest absolute Gasteiger partial charge is 0.189 e. The molecule has 0 atom stereocenters. The summed E-state index contributed by atoms with van der Waals surface area (Å²) in [6, 6.07) is 6.41. The third-order valence-corrected chi connectivity index (χ3v) is 3.23. The monoisotopic (exact) mass is 234 g/mol. The van der Waals surface area contributed by atoms with Crippen molar-refractivity contribution in [1.82, 2.24) is 0 Å². The van der Waals surface area contributed by atoms with Crippen LogP contribution in [0.15, 0.2) is 18.2 Å². The lowest BCUT2D eigenvalue weighted by atomic mass is 10.0. The lowest BCUT2D eigenvalue weighted by Gasteiger charge is -2.12. The molecule has 0 heterocycles. The van der Waals surface area contributed by atoms with Crippen molar-refractivity contribution in [1.29, 1.82) is 0 Å². The van der Waals surface area contributed by atoms with Crippen LogP contribution in [-0.4, -0.2) is 13.4 Å². The standard InChI is InChI=1S/C15H22O2/c1-11(2)14-7-4-12(3)15(8-14)17-10-16-9-13-5-6-13/h4,7-8,11,13H,5-6,9-10H2,1-3H3. The largest absolute Gasteiger partial charge is 0.467 e. The van der Waals surface area contributed by atoms with Crippen molar-refractivity contribution in [3.8, 4) is 5.75 Å². The van der Waals surface area contributed by atoms with E-state index in [2.05, 4.69) is 39.0 Å². The predicted octanol–water partition coefficient (Wildman–Crippen LogP) is 3.88. The summed E-state index contributed by atoms with van der Waals surface area (Å²) in [4.78, 5) is 0. The van der Waals surface area contributed by atoms with E-state index in [1.807, 2.05) is 0 Å². The van der Waals surface area contributed by atoms with Crippen molar-refractivity contribution >= 4 is 0 Å². The van der Waals surface area contributed by atoms with E-state index in [1.165, 1.54) is 24.0 Å². The van der Waals surface area contributed by atoms with Crippen LogP contribution in [0.4, 0.5) is 0 Å². The van der Waals surface area contributed by atoms with Crippen LogP contribution in [0.2, 0.25) is 0 Å². The molecule has 1 saturated carbocycles. The molecule has 1 aliphatic rings. The highest BCUT2D eigenvalue weighted by Crippen LogP contribution is 2.29. The first kappa shape index (κ1) is 12.4. The van der Waals surface area contributed by atoms with Gasteiger partial charge >= 0.3 is 0 Å². The van der Waals surface area contributed by atoms with Gasteiger partial charge in [0.15, 0.2) is 6.79 Å². The van der Waals surface area contributed by atoms with Crippen molar-refractivity contribution in [2.24, 2.45) is 5.92 Å². The van der Waals surface area contributed by atoms with E-state index in [4.69, 9.17) is 9.47 Å². The summed E-state index contributed by atoms with van der Waals surface area (Å²) in [5.41, 5.74) is 2.48. The molecule has 0 saturated heterocycles. The summed E-state index contributed by atoms with van der Waals surface area (Å²) in [5.74, 6) is 2.28. The van der Waals surface area contributed by atoms with Gasteiger partial charge in [-0.25, -0.2) is 0 Å². The zero-order chi connectivity index (χ0) is 12.3. The van der Waals surface area contributed by atoms with Gasteiger partial charge < -0.3 is 9.47 Å². The van der Waals surface area contributed by atoms with Crippen LogP contribution >= 0.6 is 0 Å². The maximum atomic E-state index is 5.68. The molecule has 1 aromatic carbocycles. The molecule has 94 valence electrons. The Hall–Kier alpha value is -1.02. The highest BCUT2D eigenvalue weighted by molar-refractivity contribution is 5.37. The van der Waals surface area contributed by atoms with Gasteiger partial charge in [0.05, 0.1) is 6.61 Å². The van der Waals surface area contributed by atoms with Gasteiger partial charge in [-0.05, 0) is 48.8 Å². The van der Waals surface area contributed by atoms with Crippen LogP contribution in [0.3, 0.4) is 0 Å². The minimum absolute atomic E-state index is 0.374. The van der Waals surface area contributed by atoms with Crippen LogP contribution in [-0.2, 0) is 4.74 Å². The van der Waals surface area contributed by atoms with Crippen LogP contribution < -0.4 is 4.74 Å². The third-order valence-electron chi connectivity index (χ3n) is 3.23. The quantitative estimate of drug-likeness (QED) is 0.549. The van der Waals surface area contributed by atoms with E-state index in [0.29, 0.717) is 12.7 Å². The molecule has 17 heavy (non-hydrogen) atoms. The average Bonchev–Trinajstić information content (AvgIpc) is 3.10. The summed E-state index contributed by atoms with van der Waals surface area (Å²) < 4.78 is 11.2. The Balaban J connectivity index is 1.86. The Bertz CT molecular complexity index is 367. The normalized spacial score (nSPS) is 15.3. The third kappa shape index (κ3) is 3.74. The maximum absolute atomic E-state index is 5.68. The van der Waals surface area contributed by atoms with Crippen LogP contribution in [0.1, 0.15) is 43.7 Å². The molecule has 0 unspecified atom stereocenters. The number of rotatable bonds is 6. The molecule has 0 aromatic heterocycles. The molecule has 2 nitrogen and oxygen atoms in total. The summed E-state index contributed by atoms with van der Waals surface area (Å²) in [5, 5.41) is 0. The average molecular weight is 234 g/mol. The summed E-state index contributed by atoms with van der Waals surface area (Å²) in [7, 11) is 0. The first-order chi connectivity index (χ1) is 8.16. The summed E-state index contributed by atoms with van der Waals surface area (Å²) in [6.07, 6.45) is 2.64. The van der Waals surface area contributed by atoms with Gasteiger partial charge in [0.25, 0.3) is 0 Å². The molecule has 1 aromatic rings. The fourth-order valence-electron chi connectivity index (χ4n) is 1.74. The first-order valence-corrected chi connectivity index (χ1v) is 6.48. The van der Waals surface area contributed by atoms with E-state index in [-0.39, 0.29) is 0 Å². The van der Waals surface area contributed by atoms with Gasteiger partial charge in [-0.1, -0.05) is 26.0 Å². The lowest BCUT2D eigenvalue weighted by molar-refractivity contribution is 0.00956. The van der Waals surface area contributed by atoms with Crippen molar-refractivity contribution in [3.63, 3.8) is 0 Å². The van der Waals surface area contributed by atoms with Crippen molar-refractivity contribution in [2.45, 2.75) is 39.5 Å². The van der Waals surface area contributed by atoms with E-state index in [1.54, 1.807) is 0 Å². The van der Waals surface area contributed by atoms with Crippen LogP contribution in [0.25, 0.3) is 0 Å². The minimum atomic E-state index is 0.374. The number of aryl methyl sites for hydroxylation is 1. The highest BCUT2D eigenvalue weighted by Gasteiger charge is 2.21. The first-order valence-electron chi connectivity index (χ1n) is 6.48. The summed E-state index contributed by atoms with van der Waals surface area (Å²) in [6.45, 7) is 7.68. The van der Waals surface area contributed by atoms with Crippen molar-refractivity contribution in [2.75, 3.05) is 13.4 Å². The van der Waals surface area contributed by atoms with Gasteiger partial charge in [-0.2, -0.15) is 0 Å². The Labute approximate surface area is 104 Å². The molecule has 2 heteroatoms. The molecule has 0 radical (unpaired) electrons. The van der Waals surface area contributed by atoms with Crippen LogP contribution in [0, 0.1) is 12.8 Å². The lowest BCUT2D eigenvalue weighted by Crippen LogP contribution is -2.06. The number of ether oxygens (including phenoxy) is 2. The fourth-order valence-corrected chi connectivity index (χ4v) is 1.74. The zero-order valence-corrected chi connectivity index (χ0v) is 11.0. The Kier molecular flexibility index (Phi) is 4.06. The molecule has 0 aliphatic heterocycles. The zero-order valence-electron chi connectivity index (χ0n) is 11.0. The predicted molar refractivity (Wildman–Crippen MR) is 69.4 cm³/mol. The highest BCUT2D eigenvalue weighted by atomic mass is 16.7. The molecule has 2 rings (SSSR count). The van der Waals surface area contributed by atoms with Gasteiger partial charge in [-0.15, -0.1) is 0 Å². The van der Waals surface area contributed by atoms with E-state index >= 15 is 0 Å². The SMILES string of the molecule is Cc1ccc(C(C)C)cc1OCOCC1CC1. The van der Waals surface area contributed by atoms with Crippen LogP contribution in [0.5, 0.6) is 5.75 Å². The Morgan fingerprint density at radius 2 is 2.06 bits per heavy atom. The molecule has 1 aliphatic carbocycles. The Morgan fingerprint density at radius 3 is 2.71 bits per heavy atom. The van der Waals surface area contributed by atoms with E-state index in [9.17, 15) is 0 Å². The minimum Gasteiger partial charge on any atom is -0.467 e. The van der Waals surface area contributed by atoms with E-state index in [0.717, 1.165) is 18.3 Å². The maximum Gasteiger partial charge on any atom is 0.189 e. The van der Waals surface area contributed by atoms with Gasteiger partial charge in [-0.3, -0.25) is 0 Å². The molecule has 0 amide bonds. The van der Waals surface area contributed by atoms with Gasteiger partial charge in [0.2, 0.25) is 0 Å². The second-order valence-electron chi connectivity index (χ2n) is 5.26. The van der Waals surface area contributed by atoms with Crippen molar-refractivity contribution < 1.29 is 9.47 Å². The molecular weight excluding hydrogens is 212 g/mol. The number of hydrogen-bond donors (Lipinski definition) is 0. The second kappa shape index (κ2) is 5.54. The molecular formula is C15H22O2. The van der Waals surface area contributed by atoms with Gasteiger partial charge in [0.1, 0.15) is 5.75 Å². The topological polar surface area (TPSA) is 18.5 Å². The van der Waals surface area contributed by atoms with E-state index < -0.39 is 0 Å². The molecule has 1 fully saturated rings. The number of hydrogen-bond acceptors (Lipinski definition) is 2. The van der Waals surface area contributed by atoms with Gasteiger partial charge in [0, 0.05) is 0 Å². The fraction of sp³-hybridized carbons (Fsp3) is 0.600. The molecule has 0 bridgehead atoms. The second-order valence-corrected chi connectivity index (χ2v) is 5.26. The summed E-state index contributed by atoms with van der Waals surface area (Å²) >= 11 is 0. The van der Waals surface area contributed by atoms with Crippen molar-refractivity contribution in [3.05, 3.63) is 29.3 Å². The Morgan fingerprint density at radius 1 is 1.29 bits per heavy atom. The molecule has 0 N–H and O–H groups in total. The molecule has 0 spiro atoms. The number of benzene rings is 1.